The van der Waals surface area contributed by atoms with E-state index in [1.54, 1.807) is 0 Å². The topological polar surface area (TPSA) is 118 Å². The molecule has 0 saturated carbocycles. The monoisotopic (exact) mass is 484 g/mol. The summed E-state index contributed by atoms with van der Waals surface area (Å²) in [5.74, 6) is 1.61. The van der Waals surface area contributed by atoms with E-state index in [9.17, 15) is 4.79 Å². The molecule has 35 heavy (non-hydrogen) atoms. The molecule has 4 aliphatic rings. The van der Waals surface area contributed by atoms with E-state index in [1.807, 2.05) is 15.6 Å². The molecule has 3 N–H and O–H groups in total. The van der Waals surface area contributed by atoms with E-state index in [1.165, 1.54) is 0 Å². The Labute approximate surface area is 205 Å². The number of hydrogen-bond acceptors (Lipinski definition) is 9. The molecule has 6 heterocycles. The number of fused-ring (bicyclic) bond motifs is 3. The predicted octanol–water partition coefficient (Wildman–Crippen LogP) is 2.35. The first-order valence-corrected chi connectivity index (χ1v) is 13.1. The van der Waals surface area contributed by atoms with E-state index >= 15 is 0 Å². The highest BCUT2D eigenvalue weighted by Crippen LogP contribution is 2.37. The Balaban J connectivity index is 1.21. The lowest BCUT2D eigenvalue weighted by Gasteiger charge is -2.40. The molecule has 0 aromatic carbocycles. The van der Waals surface area contributed by atoms with Crippen LogP contribution >= 0.6 is 0 Å². The average molecular weight is 485 g/mol. The number of piperidine rings is 1. The summed E-state index contributed by atoms with van der Waals surface area (Å²) in [5.41, 5.74) is 1.93. The normalized spacial score (nSPS) is 28.8. The van der Waals surface area contributed by atoms with E-state index in [0.29, 0.717) is 24.4 Å². The molecule has 2 bridgehead atoms. The third-order valence-corrected chi connectivity index (χ3v) is 7.80. The standard InChI is InChI=1S/C24H36N8O3/c1-14(2)20-12-26-32-21(20)29-22(27-15-4-3-7-34-13-15)30-23(32)28-16-8-17-5-6-18(9-16)31(17)24(33)35-19-10-25-11-19/h12,14-19,25H,3-11,13H2,1-2H3,(H2,27,28,29,30). The third-order valence-electron chi connectivity index (χ3n) is 7.80. The molecule has 11 heteroatoms. The number of aromatic nitrogens is 4. The van der Waals surface area contributed by atoms with Crippen LogP contribution in [0.1, 0.15) is 63.9 Å². The van der Waals surface area contributed by atoms with Gasteiger partial charge < -0.3 is 30.3 Å². The van der Waals surface area contributed by atoms with Crippen molar-refractivity contribution in [1.82, 2.24) is 29.8 Å². The second-order valence-electron chi connectivity index (χ2n) is 10.7. The Kier molecular flexibility index (Phi) is 6.13. The van der Waals surface area contributed by atoms with E-state index in [0.717, 1.165) is 69.4 Å². The van der Waals surface area contributed by atoms with Gasteiger partial charge in [0.05, 0.1) is 18.8 Å². The van der Waals surface area contributed by atoms with E-state index in [2.05, 4.69) is 34.9 Å². The van der Waals surface area contributed by atoms with Crippen LogP contribution in [0.4, 0.5) is 16.7 Å². The van der Waals surface area contributed by atoms with Gasteiger partial charge in [0.2, 0.25) is 11.9 Å². The molecule has 2 aromatic rings. The van der Waals surface area contributed by atoms with Gasteiger partial charge >= 0.3 is 6.09 Å². The van der Waals surface area contributed by atoms with Crippen LogP contribution in [0.2, 0.25) is 0 Å². The second-order valence-corrected chi connectivity index (χ2v) is 10.7. The molecule has 2 aromatic heterocycles. The predicted molar refractivity (Wildman–Crippen MR) is 131 cm³/mol. The van der Waals surface area contributed by atoms with Crippen molar-refractivity contribution in [3.63, 3.8) is 0 Å². The quantitative estimate of drug-likeness (QED) is 0.568. The lowest BCUT2D eigenvalue weighted by Crippen LogP contribution is -2.55. The van der Waals surface area contributed by atoms with Gasteiger partial charge in [-0.3, -0.25) is 0 Å². The minimum Gasteiger partial charge on any atom is -0.443 e. The average Bonchev–Trinajstić information content (AvgIpc) is 3.36. The highest BCUT2D eigenvalue weighted by atomic mass is 16.6. The molecule has 1 amide bonds. The van der Waals surface area contributed by atoms with Crippen molar-refractivity contribution in [3.05, 3.63) is 11.8 Å². The van der Waals surface area contributed by atoms with Crippen LogP contribution in [-0.2, 0) is 9.47 Å². The van der Waals surface area contributed by atoms with Crippen LogP contribution in [0.15, 0.2) is 6.20 Å². The van der Waals surface area contributed by atoms with Crippen molar-refractivity contribution >= 4 is 23.6 Å². The SMILES string of the molecule is CC(C)c1cnn2c(NC3CC4CCC(C3)N4C(=O)OC3CNC3)nc(NC3CCCOC3)nc12. The minimum absolute atomic E-state index is 0.0162. The van der Waals surface area contributed by atoms with Gasteiger partial charge in [0, 0.05) is 43.4 Å². The summed E-state index contributed by atoms with van der Waals surface area (Å²) in [6.45, 7) is 7.31. The largest absolute Gasteiger partial charge is 0.443 e. The fourth-order valence-corrected chi connectivity index (χ4v) is 5.82. The van der Waals surface area contributed by atoms with E-state index in [4.69, 9.17) is 19.4 Å². The first-order valence-electron chi connectivity index (χ1n) is 13.1. The molecule has 0 spiro atoms. The Hall–Kier alpha value is -2.66. The van der Waals surface area contributed by atoms with E-state index in [-0.39, 0.29) is 36.4 Å². The van der Waals surface area contributed by atoms with Crippen LogP contribution < -0.4 is 16.0 Å². The summed E-state index contributed by atoms with van der Waals surface area (Å²) < 4.78 is 13.1. The van der Waals surface area contributed by atoms with E-state index < -0.39 is 0 Å². The highest BCUT2D eigenvalue weighted by Gasteiger charge is 2.45. The molecule has 4 saturated heterocycles. The summed E-state index contributed by atoms with van der Waals surface area (Å²) in [6.07, 6.45) is 7.63. The third kappa shape index (κ3) is 4.51. The van der Waals surface area contributed by atoms with Crippen molar-refractivity contribution in [2.24, 2.45) is 0 Å². The number of nitrogens with one attached hydrogen (secondary N) is 3. The van der Waals surface area contributed by atoms with Gasteiger partial charge in [-0.1, -0.05) is 13.8 Å². The van der Waals surface area contributed by atoms with Gasteiger partial charge in [-0.25, -0.2) is 4.79 Å². The summed E-state index contributed by atoms with van der Waals surface area (Å²) in [4.78, 5) is 24.5. The van der Waals surface area contributed by atoms with Crippen LogP contribution in [0.25, 0.3) is 5.65 Å². The molecule has 4 aliphatic heterocycles. The van der Waals surface area contributed by atoms with Crippen LogP contribution in [0.5, 0.6) is 0 Å². The van der Waals surface area contributed by atoms with Gasteiger partial charge in [-0.2, -0.15) is 19.6 Å². The Morgan fingerprint density at radius 3 is 2.60 bits per heavy atom. The smallest absolute Gasteiger partial charge is 0.410 e. The summed E-state index contributed by atoms with van der Waals surface area (Å²) in [6, 6.07) is 0.813. The van der Waals surface area contributed by atoms with Crippen LogP contribution in [0, 0.1) is 0 Å². The van der Waals surface area contributed by atoms with Crippen molar-refractivity contribution in [1.29, 1.82) is 0 Å². The van der Waals surface area contributed by atoms with Crippen LogP contribution in [0.3, 0.4) is 0 Å². The zero-order valence-electron chi connectivity index (χ0n) is 20.6. The zero-order chi connectivity index (χ0) is 23.9. The first-order chi connectivity index (χ1) is 17.0. The molecule has 0 radical (unpaired) electrons. The number of rotatable bonds is 6. The van der Waals surface area contributed by atoms with Gasteiger partial charge in [-0.05, 0) is 44.4 Å². The molecule has 0 aliphatic carbocycles. The molecular formula is C24H36N8O3. The number of nitrogens with zero attached hydrogens (tertiary/aromatic N) is 5. The number of anilines is 2. The van der Waals surface area contributed by atoms with Crippen LogP contribution in [-0.4, -0.2) is 87.1 Å². The first kappa shape index (κ1) is 22.8. The zero-order valence-corrected chi connectivity index (χ0v) is 20.6. The Morgan fingerprint density at radius 1 is 1.14 bits per heavy atom. The molecule has 6 rings (SSSR count). The molecule has 4 fully saturated rings. The summed E-state index contributed by atoms with van der Waals surface area (Å²) in [5, 5.41) is 14.9. The molecule has 3 unspecified atom stereocenters. The van der Waals surface area contributed by atoms with Crippen molar-refractivity contribution < 1.29 is 14.3 Å². The van der Waals surface area contributed by atoms with Gasteiger partial charge in [-0.15, -0.1) is 0 Å². The fraction of sp³-hybridized carbons (Fsp3) is 0.750. The number of hydrogen-bond donors (Lipinski definition) is 3. The number of carbonyl (C=O) groups is 1. The van der Waals surface area contributed by atoms with Gasteiger partial charge in [0.25, 0.3) is 0 Å². The number of carbonyl (C=O) groups excluding carboxylic acids is 1. The second kappa shape index (κ2) is 9.42. The maximum atomic E-state index is 12.8. The molecule has 3 atom stereocenters. The summed E-state index contributed by atoms with van der Waals surface area (Å²) in [7, 11) is 0. The van der Waals surface area contributed by atoms with Gasteiger partial charge in [0.1, 0.15) is 6.10 Å². The van der Waals surface area contributed by atoms with Gasteiger partial charge in [0.15, 0.2) is 5.65 Å². The number of ether oxygens (including phenoxy) is 2. The highest BCUT2D eigenvalue weighted by molar-refractivity contribution is 5.69. The molecule has 190 valence electrons. The lowest BCUT2D eigenvalue weighted by atomic mass is 9.98. The summed E-state index contributed by atoms with van der Waals surface area (Å²) >= 11 is 0. The maximum Gasteiger partial charge on any atom is 0.410 e. The van der Waals surface area contributed by atoms with Crippen molar-refractivity contribution in [3.8, 4) is 0 Å². The molecular weight excluding hydrogens is 448 g/mol. The van der Waals surface area contributed by atoms with Crippen molar-refractivity contribution in [2.45, 2.75) is 88.6 Å². The lowest BCUT2D eigenvalue weighted by molar-refractivity contribution is 0.0194. The molecule has 11 nitrogen and oxygen atoms in total. The fourth-order valence-electron chi connectivity index (χ4n) is 5.82. The van der Waals surface area contributed by atoms with Crippen molar-refractivity contribution in [2.75, 3.05) is 36.9 Å². The number of amides is 1. The Morgan fingerprint density at radius 2 is 1.94 bits per heavy atom. The minimum atomic E-state index is -0.151. The maximum absolute atomic E-state index is 12.8. The Bertz CT molecular complexity index is 1050.